The van der Waals surface area contributed by atoms with E-state index in [0.29, 0.717) is 18.6 Å². The van der Waals surface area contributed by atoms with E-state index in [-0.39, 0.29) is 6.10 Å². The fourth-order valence-corrected chi connectivity index (χ4v) is 2.51. The number of aromatic nitrogens is 2. The van der Waals surface area contributed by atoms with Crippen LogP contribution in [0.4, 0.5) is 0 Å². The molecule has 3 atom stereocenters. The van der Waals surface area contributed by atoms with Crippen molar-refractivity contribution in [1.29, 1.82) is 0 Å². The number of aliphatic hydroxyl groups excluding tert-OH is 1. The Morgan fingerprint density at radius 3 is 3.11 bits per heavy atom. The van der Waals surface area contributed by atoms with E-state index in [1.807, 2.05) is 16.9 Å². The molecular formula is C15H26N2O2. The molecule has 1 aromatic heterocycles. The minimum atomic E-state index is -0.301. The molecule has 108 valence electrons. The van der Waals surface area contributed by atoms with Crippen molar-refractivity contribution in [2.45, 2.75) is 70.6 Å². The highest BCUT2D eigenvalue weighted by molar-refractivity contribution is 5.01. The monoisotopic (exact) mass is 266 g/mol. The van der Waals surface area contributed by atoms with Crippen LogP contribution in [0.25, 0.3) is 0 Å². The normalized spacial score (nSPS) is 22.6. The van der Waals surface area contributed by atoms with E-state index >= 15 is 0 Å². The summed E-state index contributed by atoms with van der Waals surface area (Å²) in [5.74, 6) is 0. The van der Waals surface area contributed by atoms with Gasteiger partial charge in [0.05, 0.1) is 17.9 Å². The molecule has 0 amide bonds. The van der Waals surface area contributed by atoms with E-state index in [0.717, 1.165) is 38.0 Å². The van der Waals surface area contributed by atoms with Crippen LogP contribution in [0.2, 0.25) is 0 Å². The molecule has 0 aromatic carbocycles. The first-order valence-electron chi connectivity index (χ1n) is 7.52. The van der Waals surface area contributed by atoms with Gasteiger partial charge in [-0.05, 0) is 45.1 Å². The molecule has 1 aliphatic rings. The summed E-state index contributed by atoms with van der Waals surface area (Å²) in [4.78, 5) is 0. The van der Waals surface area contributed by atoms with Crippen molar-refractivity contribution in [1.82, 2.24) is 9.78 Å². The summed E-state index contributed by atoms with van der Waals surface area (Å²) in [5.41, 5.74) is 0.986. The van der Waals surface area contributed by atoms with Crippen LogP contribution in [0.15, 0.2) is 12.3 Å². The van der Waals surface area contributed by atoms with Gasteiger partial charge in [-0.1, -0.05) is 6.92 Å². The van der Waals surface area contributed by atoms with Gasteiger partial charge >= 0.3 is 0 Å². The molecule has 1 aliphatic heterocycles. The third-order valence-electron chi connectivity index (χ3n) is 4.00. The van der Waals surface area contributed by atoms with Gasteiger partial charge in [-0.2, -0.15) is 5.10 Å². The quantitative estimate of drug-likeness (QED) is 0.825. The second kappa shape index (κ2) is 7.06. The number of aliphatic hydroxyl groups is 1. The number of hydrogen-bond acceptors (Lipinski definition) is 3. The third kappa shape index (κ3) is 4.32. The highest BCUT2D eigenvalue weighted by Gasteiger charge is 2.17. The van der Waals surface area contributed by atoms with E-state index in [1.54, 1.807) is 0 Å². The molecule has 2 heterocycles. The predicted octanol–water partition coefficient (Wildman–Crippen LogP) is 2.72. The summed E-state index contributed by atoms with van der Waals surface area (Å²) in [6.45, 7) is 5.20. The molecule has 2 rings (SSSR count). The second-order valence-corrected chi connectivity index (χ2v) is 5.61. The van der Waals surface area contributed by atoms with Crippen molar-refractivity contribution in [3.05, 3.63) is 18.0 Å². The molecule has 1 saturated heterocycles. The Morgan fingerprint density at radius 2 is 2.42 bits per heavy atom. The maximum atomic E-state index is 10.1. The van der Waals surface area contributed by atoms with Gasteiger partial charge in [0.15, 0.2) is 0 Å². The minimum Gasteiger partial charge on any atom is -0.393 e. The zero-order valence-electron chi connectivity index (χ0n) is 12.1. The average Bonchev–Trinajstić information content (AvgIpc) is 3.06. The molecule has 0 bridgehead atoms. The molecule has 0 aliphatic carbocycles. The van der Waals surface area contributed by atoms with Crippen LogP contribution in [0.1, 0.15) is 57.7 Å². The molecule has 4 heteroatoms. The Hall–Kier alpha value is -0.870. The Kier molecular flexibility index (Phi) is 5.40. The molecule has 3 unspecified atom stereocenters. The number of ether oxygens (including phenoxy) is 1. The first-order chi connectivity index (χ1) is 9.19. The summed E-state index contributed by atoms with van der Waals surface area (Å²) in [7, 11) is 0. The maximum absolute atomic E-state index is 10.1. The van der Waals surface area contributed by atoms with E-state index < -0.39 is 0 Å². The van der Waals surface area contributed by atoms with Crippen molar-refractivity contribution in [2.24, 2.45) is 0 Å². The topological polar surface area (TPSA) is 47.3 Å². The van der Waals surface area contributed by atoms with Gasteiger partial charge in [0.1, 0.15) is 0 Å². The fourth-order valence-electron chi connectivity index (χ4n) is 2.51. The molecular weight excluding hydrogens is 240 g/mol. The Labute approximate surface area is 115 Å². The van der Waals surface area contributed by atoms with Crippen molar-refractivity contribution in [3.8, 4) is 0 Å². The summed E-state index contributed by atoms with van der Waals surface area (Å²) < 4.78 is 7.56. The molecule has 4 nitrogen and oxygen atoms in total. The van der Waals surface area contributed by atoms with Crippen molar-refractivity contribution in [3.63, 3.8) is 0 Å². The predicted molar refractivity (Wildman–Crippen MR) is 75.1 cm³/mol. The molecule has 0 spiro atoms. The van der Waals surface area contributed by atoms with Crippen LogP contribution in [0.3, 0.4) is 0 Å². The molecule has 1 aromatic rings. The summed E-state index contributed by atoms with van der Waals surface area (Å²) in [6.07, 6.45) is 7.88. The van der Waals surface area contributed by atoms with Gasteiger partial charge < -0.3 is 9.84 Å². The van der Waals surface area contributed by atoms with Crippen LogP contribution in [-0.2, 0) is 11.2 Å². The van der Waals surface area contributed by atoms with Crippen molar-refractivity contribution >= 4 is 0 Å². The summed E-state index contributed by atoms with van der Waals surface area (Å²) in [6, 6.07) is 2.44. The number of rotatable bonds is 7. The van der Waals surface area contributed by atoms with Gasteiger partial charge in [-0.15, -0.1) is 0 Å². The van der Waals surface area contributed by atoms with Crippen LogP contribution < -0.4 is 0 Å². The van der Waals surface area contributed by atoms with Gasteiger partial charge in [0.2, 0.25) is 0 Å². The molecule has 0 saturated carbocycles. The largest absolute Gasteiger partial charge is 0.393 e. The highest BCUT2D eigenvalue weighted by atomic mass is 16.5. The first kappa shape index (κ1) is 14.5. The smallest absolute Gasteiger partial charge is 0.0650 e. The summed E-state index contributed by atoms with van der Waals surface area (Å²) in [5, 5.41) is 14.6. The van der Waals surface area contributed by atoms with E-state index in [2.05, 4.69) is 18.9 Å². The van der Waals surface area contributed by atoms with Gasteiger partial charge in [0, 0.05) is 25.3 Å². The molecule has 1 fully saturated rings. The Bertz CT molecular complexity index is 372. The van der Waals surface area contributed by atoms with E-state index in [9.17, 15) is 5.11 Å². The van der Waals surface area contributed by atoms with Crippen LogP contribution >= 0.6 is 0 Å². The van der Waals surface area contributed by atoms with Gasteiger partial charge in [-0.3, -0.25) is 4.68 Å². The van der Waals surface area contributed by atoms with E-state index in [1.165, 1.54) is 6.42 Å². The first-order valence-corrected chi connectivity index (χ1v) is 7.52. The lowest BCUT2D eigenvalue weighted by molar-refractivity contribution is 0.0810. The molecule has 0 radical (unpaired) electrons. The molecule has 19 heavy (non-hydrogen) atoms. The van der Waals surface area contributed by atoms with Crippen LogP contribution in [0, 0.1) is 0 Å². The Morgan fingerprint density at radius 1 is 1.58 bits per heavy atom. The van der Waals surface area contributed by atoms with Crippen LogP contribution in [0.5, 0.6) is 0 Å². The third-order valence-corrected chi connectivity index (χ3v) is 4.00. The van der Waals surface area contributed by atoms with Crippen molar-refractivity contribution in [2.75, 3.05) is 6.61 Å². The van der Waals surface area contributed by atoms with Crippen molar-refractivity contribution < 1.29 is 9.84 Å². The zero-order chi connectivity index (χ0) is 13.7. The molecule has 1 N–H and O–H groups in total. The number of hydrogen-bond donors (Lipinski definition) is 1. The summed E-state index contributed by atoms with van der Waals surface area (Å²) >= 11 is 0. The van der Waals surface area contributed by atoms with Gasteiger partial charge in [0.25, 0.3) is 0 Å². The Balaban J connectivity index is 1.74. The average molecular weight is 266 g/mol. The SMILES string of the molecule is CCC(C)n1ccc(CC(O)CCC2CCCO2)n1. The lowest BCUT2D eigenvalue weighted by Gasteiger charge is -2.13. The zero-order valence-corrected chi connectivity index (χ0v) is 12.1. The fraction of sp³-hybridized carbons (Fsp3) is 0.800. The lowest BCUT2D eigenvalue weighted by Crippen LogP contribution is -2.15. The van der Waals surface area contributed by atoms with Gasteiger partial charge in [-0.25, -0.2) is 0 Å². The number of nitrogens with zero attached hydrogens (tertiary/aromatic N) is 2. The van der Waals surface area contributed by atoms with Crippen LogP contribution in [-0.4, -0.2) is 33.7 Å². The van der Waals surface area contributed by atoms with E-state index in [4.69, 9.17) is 4.74 Å². The standard InChI is InChI=1S/C15H26N2O2/c1-3-12(2)17-9-8-13(16-17)11-14(18)6-7-15-5-4-10-19-15/h8-9,12,14-15,18H,3-7,10-11H2,1-2H3. The second-order valence-electron chi connectivity index (χ2n) is 5.61. The minimum absolute atomic E-state index is 0.301. The maximum Gasteiger partial charge on any atom is 0.0650 e. The lowest BCUT2D eigenvalue weighted by atomic mass is 10.0. The highest BCUT2D eigenvalue weighted by Crippen LogP contribution is 2.19.